The second-order valence-electron chi connectivity index (χ2n) is 10.3. The van der Waals surface area contributed by atoms with Crippen molar-refractivity contribution in [2.45, 2.75) is 76.3 Å². The third-order valence-electron chi connectivity index (χ3n) is 7.53. The van der Waals surface area contributed by atoms with E-state index in [1.807, 2.05) is 35.2 Å². The Morgan fingerprint density at radius 2 is 1.71 bits per heavy atom. The van der Waals surface area contributed by atoms with Gasteiger partial charge in [-0.3, -0.25) is 24.7 Å². The average Bonchev–Trinajstić information content (AvgIpc) is 3.08. The van der Waals surface area contributed by atoms with Gasteiger partial charge in [0, 0.05) is 25.0 Å². The quantitative estimate of drug-likeness (QED) is 0.491. The number of urea groups is 1. The first-order valence-electron chi connectivity index (χ1n) is 12.9. The Hall–Kier alpha value is -2.94. The number of benzene rings is 1. The lowest BCUT2D eigenvalue weighted by Gasteiger charge is -2.33. The Bertz CT molecular complexity index is 925. The maximum absolute atomic E-state index is 12.9. The van der Waals surface area contributed by atoms with E-state index in [0.717, 1.165) is 49.1 Å². The zero-order valence-corrected chi connectivity index (χ0v) is 20.6. The molecule has 2 heterocycles. The van der Waals surface area contributed by atoms with E-state index in [1.165, 1.54) is 6.42 Å². The van der Waals surface area contributed by atoms with Crippen LogP contribution in [-0.4, -0.2) is 64.9 Å². The number of nitrogens with one attached hydrogen (secondary N) is 3. The minimum Gasteiger partial charge on any atom is -0.353 e. The average molecular weight is 484 g/mol. The molecule has 1 aromatic rings. The maximum atomic E-state index is 12.9. The van der Waals surface area contributed by atoms with Crippen LogP contribution in [0.4, 0.5) is 4.79 Å². The molecule has 9 nitrogen and oxygen atoms in total. The minimum atomic E-state index is -1.06. The zero-order chi connectivity index (χ0) is 24.8. The fourth-order valence-corrected chi connectivity index (χ4v) is 5.28. The number of imide groups is 1. The lowest BCUT2D eigenvalue weighted by molar-refractivity contribution is -0.139. The molecule has 4 rings (SSSR count). The van der Waals surface area contributed by atoms with Crippen LogP contribution in [0.25, 0.3) is 0 Å². The fourth-order valence-electron chi connectivity index (χ4n) is 5.28. The molecular formula is C26H37N5O4. The molecule has 0 bridgehead atoms. The molecule has 2 aliphatic heterocycles. The van der Waals surface area contributed by atoms with Crippen LogP contribution in [0.5, 0.6) is 0 Å². The highest BCUT2D eigenvalue weighted by molar-refractivity contribution is 6.07. The molecule has 1 aliphatic carbocycles. The highest BCUT2D eigenvalue weighted by Gasteiger charge is 2.48. The highest BCUT2D eigenvalue weighted by atomic mass is 16.2. The molecule has 1 unspecified atom stereocenters. The number of hydrogen-bond donors (Lipinski definition) is 3. The molecular weight excluding hydrogens is 446 g/mol. The summed E-state index contributed by atoms with van der Waals surface area (Å²) >= 11 is 0. The number of carbonyl (C=O) groups excluding carboxylic acids is 4. The maximum Gasteiger partial charge on any atom is 0.344 e. The number of nitrogens with zero attached hydrogens (tertiary/aromatic N) is 2. The Labute approximate surface area is 206 Å². The number of hydrazine groups is 1. The number of amides is 5. The molecule has 9 heteroatoms. The van der Waals surface area contributed by atoms with Gasteiger partial charge in [-0.25, -0.2) is 4.79 Å². The molecule has 3 N–H and O–H groups in total. The van der Waals surface area contributed by atoms with Gasteiger partial charge in [0.15, 0.2) is 0 Å². The SMILES string of the molecule is CC1(CCc2ccccc2)NC(=O)N(NC(=O)CN2CCC(NC(=O)C3CCCCC3)CC2)C1=O. The van der Waals surface area contributed by atoms with Gasteiger partial charge in [-0.05, 0) is 51.0 Å². The van der Waals surface area contributed by atoms with Crippen LogP contribution < -0.4 is 16.1 Å². The normalized spacial score (nSPS) is 24.3. The van der Waals surface area contributed by atoms with Crippen LogP contribution >= 0.6 is 0 Å². The first kappa shape index (κ1) is 25.2. The molecule has 0 radical (unpaired) electrons. The summed E-state index contributed by atoms with van der Waals surface area (Å²) < 4.78 is 0. The van der Waals surface area contributed by atoms with Gasteiger partial charge in [-0.15, -0.1) is 0 Å². The smallest absolute Gasteiger partial charge is 0.344 e. The number of likely N-dealkylation sites (tertiary alicyclic amines) is 1. The number of rotatable bonds is 8. The monoisotopic (exact) mass is 483 g/mol. The summed E-state index contributed by atoms with van der Waals surface area (Å²) in [7, 11) is 0. The lowest BCUT2D eigenvalue weighted by atomic mass is 9.88. The van der Waals surface area contributed by atoms with Crippen LogP contribution in [0, 0.1) is 5.92 Å². The van der Waals surface area contributed by atoms with E-state index in [9.17, 15) is 19.2 Å². The summed E-state index contributed by atoms with van der Waals surface area (Å²) in [6.07, 6.45) is 8.11. The predicted molar refractivity (Wildman–Crippen MR) is 131 cm³/mol. The van der Waals surface area contributed by atoms with Gasteiger partial charge in [0.1, 0.15) is 5.54 Å². The molecule has 35 heavy (non-hydrogen) atoms. The Balaban J connectivity index is 1.20. The van der Waals surface area contributed by atoms with Gasteiger partial charge < -0.3 is 10.6 Å². The van der Waals surface area contributed by atoms with Crippen molar-refractivity contribution in [2.24, 2.45) is 5.92 Å². The molecule has 1 aromatic carbocycles. The van der Waals surface area contributed by atoms with Crippen LogP contribution in [0.15, 0.2) is 30.3 Å². The molecule has 3 aliphatic rings. The van der Waals surface area contributed by atoms with E-state index in [0.29, 0.717) is 25.9 Å². The van der Waals surface area contributed by atoms with E-state index in [-0.39, 0.29) is 24.4 Å². The zero-order valence-electron chi connectivity index (χ0n) is 20.6. The third-order valence-corrected chi connectivity index (χ3v) is 7.53. The van der Waals surface area contributed by atoms with Gasteiger partial charge in [0.25, 0.3) is 11.8 Å². The van der Waals surface area contributed by atoms with Crippen molar-refractivity contribution in [3.63, 3.8) is 0 Å². The summed E-state index contributed by atoms with van der Waals surface area (Å²) in [4.78, 5) is 52.5. The van der Waals surface area contributed by atoms with E-state index in [2.05, 4.69) is 16.1 Å². The van der Waals surface area contributed by atoms with Crippen molar-refractivity contribution in [3.05, 3.63) is 35.9 Å². The second kappa shape index (κ2) is 11.2. The van der Waals surface area contributed by atoms with Crippen molar-refractivity contribution < 1.29 is 19.2 Å². The van der Waals surface area contributed by atoms with Crippen molar-refractivity contribution in [1.82, 2.24) is 26.0 Å². The van der Waals surface area contributed by atoms with Crippen molar-refractivity contribution >= 4 is 23.8 Å². The molecule has 0 spiro atoms. The second-order valence-corrected chi connectivity index (χ2v) is 10.3. The minimum absolute atomic E-state index is 0.0983. The van der Waals surface area contributed by atoms with Crippen LogP contribution in [0.1, 0.15) is 63.9 Å². The summed E-state index contributed by atoms with van der Waals surface area (Å²) in [5.74, 6) is -0.522. The van der Waals surface area contributed by atoms with Gasteiger partial charge in [-0.2, -0.15) is 5.01 Å². The molecule has 5 amide bonds. The van der Waals surface area contributed by atoms with E-state index < -0.39 is 23.4 Å². The molecule has 1 saturated carbocycles. The van der Waals surface area contributed by atoms with Crippen LogP contribution in [0.2, 0.25) is 0 Å². The largest absolute Gasteiger partial charge is 0.353 e. The number of piperidine rings is 1. The van der Waals surface area contributed by atoms with Crippen LogP contribution in [-0.2, 0) is 20.8 Å². The summed E-state index contributed by atoms with van der Waals surface area (Å²) in [6, 6.07) is 9.30. The standard InChI is InChI=1S/C26H37N5O4/c1-26(15-12-19-8-4-2-5-9-19)24(34)31(25(35)28-26)29-22(32)18-30-16-13-21(14-17-30)27-23(33)20-10-6-3-7-11-20/h2,4-5,8-9,20-21H,3,6-7,10-18H2,1H3,(H,27,33)(H,28,35)(H,29,32). The predicted octanol–water partition coefficient (Wildman–Crippen LogP) is 2.12. The number of hydrogen-bond acceptors (Lipinski definition) is 5. The summed E-state index contributed by atoms with van der Waals surface area (Å²) in [6.45, 7) is 3.14. The van der Waals surface area contributed by atoms with Gasteiger partial charge >= 0.3 is 6.03 Å². The lowest BCUT2D eigenvalue weighted by Crippen LogP contribution is -2.53. The Morgan fingerprint density at radius 1 is 1.03 bits per heavy atom. The molecule has 190 valence electrons. The van der Waals surface area contributed by atoms with Crippen molar-refractivity contribution in [3.8, 4) is 0 Å². The number of aryl methyl sites for hydroxylation is 1. The van der Waals surface area contributed by atoms with Gasteiger partial charge in [0.2, 0.25) is 5.91 Å². The third kappa shape index (κ3) is 6.39. The van der Waals surface area contributed by atoms with Gasteiger partial charge in [-0.1, -0.05) is 49.6 Å². The Kier molecular flexibility index (Phi) is 8.05. The van der Waals surface area contributed by atoms with Crippen LogP contribution in [0.3, 0.4) is 0 Å². The van der Waals surface area contributed by atoms with E-state index in [1.54, 1.807) is 6.92 Å². The highest BCUT2D eigenvalue weighted by Crippen LogP contribution is 2.25. The summed E-state index contributed by atoms with van der Waals surface area (Å²) in [5.41, 5.74) is 2.51. The van der Waals surface area contributed by atoms with E-state index >= 15 is 0 Å². The Morgan fingerprint density at radius 3 is 2.40 bits per heavy atom. The molecule has 1 atom stereocenters. The summed E-state index contributed by atoms with van der Waals surface area (Å²) in [5, 5.41) is 6.73. The molecule has 2 saturated heterocycles. The first-order chi connectivity index (χ1) is 16.8. The first-order valence-corrected chi connectivity index (χ1v) is 12.9. The fraction of sp³-hybridized carbons (Fsp3) is 0.615. The number of carbonyl (C=O) groups is 4. The van der Waals surface area contributed by atoms with E-state index in [4.69, 9.17) is 0 Å². The van der Waals surface area contributed by atoms with Gasteiger partial charge in [0.05, 0.1) is 6.54 Å². The topological polar surface area (TPSA) is 111 Å². The molecule has 3 fully saturated rings. The van der Waals surface area contributed by atoms with Crippen molar-refractivity contribution in [1.29, 1.82) is 0 Å². The molecule has 0 aromatic heterocycles. The van der Waals surface area contributed by atoms with Crippen molar-refractivity contribution in [2.75, 3.05) is 19.6 Å².